The van der Waals surface area contributed by atoms with Gasteiger partial charge in [-0.1, -0.05) is 6.92 Å². The molecule has 1 saturated heterocycles. The van der Waals surface area contributed by atoms with Crippen LogP contribution in [0.4, 0.5) is 22.0 Å². The molecule has 3 nitrogen and oxygen atoms in total. The molecule has 1 aliphatic heterocycles. The Morgan fingerprint density at radius 3 is 2.24 bits per heavy atom. The fourth-order valence-electron chi connectivity index (χ4n) is 1.67. The number of nitrogens with zero attached hydrogens (tertiary/aromatic N) is 1. The average Bonchev–Trinajstić information content (AvgIpc) is 2.19. The SMILES string of the molecule is CC1CN(C(=O)C(F)(F)C(F)(F)F)CCC1N. The Hall–Kier alpha value is -0.920. The molecule has 1 heterocycles. The number of carbonyl (C=O) groups excluding carboxylic acids is 1. The first-order chi connectivity index (χ1) is 7.57. The molecule has 1 aliphatic rings. The van der Waals surface area contributed by atoms with Crippen LogP contribution in [0.3, 0.4) is 0 Å². The van der Waals surface area contributed by atoms with Gasteiger partial charge >= 0.3 is 18.0 Å². The molecule has 1 rings (SSSR count). The largest absolute Gasteiger partial charge is 0.463 e. The van der Waals surface area contributed by atoms with Gasteiger partial charge in [0, 0.05) is 19.1 Å². The Morgan fingerprint density at radius 1 is 1.29 bits per heavy atom. The van der Waals surface area contributed by atoms with Crippen LogP contribution in [0.5, 0.6) is 0 Å². The van der Waals surface area contributed by atoms with Crippen molar-refractivity contribution < 1.29 is 26.7 Å². The molecule has 0 aromatic carbocycles. The smallest absolute Gasteiger partial charge is 0.337 e. The molecule has 0 aliphatic carbocycles. The van der Waals surface area contributed by atoms with Crippen molar-refractivity contribution in [2.45, 2.75) is 31.5 Å². The zero-order chi connectivity index (χ0) is 13.4. The highest BCUT2D eigenvalue weighted by molar-refractivity contribution is 5.84. The van der Waals surface area contributed by atoms with Crippen LogP contribution in [0, 0.1) is 5.92 Å². The molecule has 0 spiro atoms. The summed E-state index contributed by atoms with van der Waals surface area (Å²) in [6, 6.07) is -0.279. The number of halogens is 5. The first-order valence-electron chi connectivity index (χ1n) is 5.07. The van der Waals surface area contributed by atoms with Gasteiger partial charge in [0.15, 0.2) is 0 Å². The maximum atomic E-state index is 12.8. The van der Waals surface area contributed by atoms with E-state index in [0.717, 1.165) is 0 Å². The van der Waals surface area contributed by atoms with Crippen molar-refractivity contribution in [3.05, 3.63) is 0 Å². The van der Waals surface area contributed by atoms with Crippen LogP contribution < -0.4 is 5.73 Å². The van der Waals surface area contributed by atoms with Crippen LogP contribution in [0.2, 0.25) is 0 Å². The number of hydrogen-bond acceptors (Lipinski definition) is 2. The highest BCUT2D eigenvalue weighted by Crippen LogP contribution is 2.37. The Labute approximate surface area is 94.7 Å². The van der Waals surface area contributed by atoms with E-state index < -0.39 is 18.0 Å². The third-order valence-corrected chi connectivity index (χ3v) is 2.88. The first-order valence-corrected chi connectivity index (χ1v) is 5.07. The van der Waals surface area contributed by atoms with E-state index in [-0.39, 0.29) is 31.5 Å². The lowest BCUT2D eigenvalue weighted by atomic mass is 9.94. The van der Waals surface area contributed by atoms with Crippen molar-refractivity contribution in [1.82, 2.24) is 4.90 Å². The third-order valence-electron chi connectivity index (χ3n) is 2.88. The fourth-order valence-corrected chi connectivity index (χ4v) is 1.67. The lowest BCUT2D eigenvalue weighted by Crippen LogP contribution is -2.56. The van der Waals surface area contributed by atoms with E-state index in [9.17, 15) is 26.7 Å². The van der Waals surface area contributed by atoms with E-state index >= 15 is 0 Å². The van der Waals surface area contributed by atoms with E-state index in [2.05, 4.69) is 0 Å². The molecule has 0 bridgehead atoms. The molecule has 8 heteroatoms. The number of carbonyl (C=O) groups is 1. The maximum Gasteiger partial charge on any atom is 0.463 e. The van der Waals surface area contributed by atoms with E-state index in [4.69, 9.17) is 5.73 Å². The molecule has 2 unspecified atom stereocenters. The molecule has 2 N–H and O–H groups in total. The monoisotopic (exact) mass is 260 g/mol. The predicted molar refractivity (Wildman–Crippen MR) is 49.3 cm³/mol. The zero-order valence-electron chi connectivity index (χ0n) is 9.10. The van der Waals surface area contributed by atoms with Crippen molar-refractivity contribution in [2.24, 2.45) is 11.7 Å². The molecule has 17 heavy (non-hydrogen) atoms. The predicted octanol–water partition coefficient (Wildman–Crippen LogP) is 1.38. The highest BCUT2D eigenvalue weighted by atomic mass is 19.4. The highest BCUT2D eigenvalue weighted by Gasteiger charge is 2.64. The number of piperidine rings is 1. The topological polar surface area (TPSA) is 46.3 Å². The molecular formula is C9H13F5N2O. The van der Waals surface area contributed by atoms with E-state index in [1.807, 2.05) is 0 Å². The van der Waals surface area contributed by atoms with Crippen molar-refractivity contribution >= 4 is 5.91 Å². The van der Waals surface area contributed by atoms with Crippen molar-refractivity contribution in [1.29, 1.82) is 0 Å². The molecule has 2 atom stereocenters. The third kappa shape index (κ3) is 2.67. The maximum absolute atomic E-state index is 12.8. The van der Waals surface area contributed by atoms with Crippen molar-refractivity contribution in [3.63, 3.8) is 0 Å². The lowest BCUT2D eigenvalue weighted by Gasteiger charge is -2.36. The first kappa shape index (κ1) is 14.1. The summed E-state index contributed by atoms with van der Waals surface area (Å²) in [6.45, 7) is 1.26. The summed E-state index contributed by atoms with van der Waals surface area (Å²) in [5.41, 5.74) is 5.59. The minimum atomic E-state index is -5.85. The van der Waals surface area contributed by atoms with Gasteiger partial charge in [-0.15, -0.1) is 0 Å². The number of alkyl halides is 5. The second kappa shape index (κ2) is 4.40. The van der Waals surface area contributed by atoms with Gasteiger partial charge in [0.25, 0.3) is 0 Å². The number of hydrogen-bond donors (Lipinski definition) is 1. The van der Waals surface area contributed by atoms with E-state index in [1.54, 1.807) is 6.92 Å². The number of nitrogens with two attached hydrogens (primary N) is 1. The molecule has 0 aromatic rings. The van der Waals surface area contributed by atoms with Crippen molar-refractivity contribution in [2.75, 3.05) is 13.1 Å². The summed E-state index contributed by atoms with van der Waals surface area (Å²) in [6.07, 6.45) is -5.63. The minimum Gasteiger partial charge on any atom is -0.337 e. The Balaban J connectivity index is 2.78. The molecule has 100 valence electrons. The summed E-state index contributed by atoms with van der Waals surface area (Å²) < 4.78 is 61.5. The van der Waals surface area contributed by atoms with Crippen LogP contribution in [0.25, 0.3) is 0 Å². The molecule has 1 fully saturated rings. The van der Waals surface area contributed by atoms with Gasteiger partial charge < -0.3 is 10.6 Å². The second-order valence-corrected chi connectivity index (χ2v) is 4.25. The zero-order valence-corrected chi connectivity index (χ0v) is 9.10. The van der Waals surface area contributed by atoms with Gasteiger partial charge in [-0.3, -0.25) is 4.79 Å². The van der Waals surface area contributed by atoms with Crippen LogP contribution in [-0.4, -0.2) is 42.0 Å². The summed E-state index contributed by atoms with van der Waals surface area (Å²) in [7, 11) is 0. The van der Waals surface area contributed by atoms with Gasteiger partial charge in [0.05, 0.1) is 0 Å². The second-order valence-electron chi connectivity index (χ2n) is 4.25. The van der Waals surface area contributed by atoms with Gasteiger partial charge in [0.2, 0.25) is 0 Å². The summed E-state index contributed by atoms with van der Waals surface area (Å²) in [5, 5.41) is 0. The Bertz CT molecular complexity index is 304. The van der Waals surface area contributed by atoms with Crippen LogP contribution >= 0.6 is 0 Å². The van der Waals surface area contributed by atoms with Gasteiger partial charge in [0.1, 0.15) is 0 Å². The van der Waals surface area contributed by atoms with E-state index in [1.165, 1.54) is 0 Å². The number of likely N-dealkylation sites (tertiary alicyclic amines) is 1. The lowest BCUT2D eigenvalue weighted by molar-refractivity contribution is -0.275. The van der Waals surface area contributed by atoms with Gasteiger partial charge in [-0.2, -0.15) is 22.0 Å². The molecular weight excluding hydrogens is 247 g/mol. The average molecular weight is 260 g/mol. The standard InChI is InChI=1S/C9H13F5N2O/c1-5-4-16(3-2-6(5)15)7(17)8(10,11)9(12,13)14/h5-6H,2-4,15H2,1H3. The van der Waals surface area contributed by atoms with Crippen LogP contribution in [-0.2, 0) is 4.79 Å². The van der Waals surface area contributed by atoms with Crippen LogP contribution in [0.15, 0.2) is 0 Å². The molecule has 1 amide bonds. The molecule has 0 radical (unpaired) electrons. The van der Waals surface area contributed by atoms with E-state index in [0.29, 0.717) is 4.90 Å². The van der Waals surface area contributed by atoms with Gasteiger partial charge in [-0.05, 0) is 12.3 Å². The quantitative estimate of drug-likeness (QED) is 0.724. The molecule has 0 saturated carbocycles. The summed E-state index contributed by atoms with van der Waals surface area (Å²) in [5.74, 6) is -7.81. The van der Waals surface area contributed by atoms with Crippen LogP contribution in [0.1, 0.15) is 13.3 Å². The number of rotatable bonds is 1. The molecule has 0 aromatic heterocycles. The number of amides is 1. The van der Waals surface area contributed by atoms with Crippen molar-refractivity contribution in [3.8, 4) is 0 Å². The minimum absolute atomic E-state index is 0.171. The Kier molecular flexibility index (Phi) is 3.66. The summed E-state index contributed by atoms with van der Waals surface area (Å²) >= 11 is 0. The Morgan fingerprint density at radius 2 is 1.82 bits per heavy atom. The fraction of sp³-hybridized carbons (Fsp3) is 0.889. The normalized spacial score (nSPS) is 27.1. The summed E-state index contributed by atoms with van der Waals surface area (Å²) in [4.78, 5) is 11.7. The van der Waals surface area contributed by atoms with Gasteiger partial charge in [-0.25, -0.2) is 0 Å².